The molecular formula is C81H51N7. The predicted molar refractivity (Wildman–Crippen MR) is 364 cm³/mol. The van der Waals surface area contributed by atoms with Crippen LogP contribution in [0.25, 0.3) is 166 Å². The van der Waals surface area contributed by atoms with E-state index in [4.69, 9.17) is 15.0 Å². The SMILES string of the molecule is c1ccc(-c2cccc(-c3nc(-n4c5ccccc5c5ccc(-c6ccc7c(c6)c6ccccc6n7-c6ccccc6)cc54)nc(-n4c5ccccc5c5ccc(-c6ccc7c(c6)c6ccccc6n7-c6ccccc6)cc54)n3)c2-c2ccccc2)cc1. The van der Waals surface area contributed by atoms with E-state index in [0.717, 1.165) is 116 Å². The Morgan fingerprint density at radius 3 is 1.00 bits per heavy atom. The Kier molecular flexibility index (Phi) is 11.2. The molecule has 0 aliphatic heterocycles. The smallest absolute Gasteiger partial charge is 0.240 e. The maximum atomic E-state index is 5.74. The minimum atomic E-state index is 0.510. The summed E-state index contributed by atoms with van der Waals surface area (Å²) in [5, 5.41) is 9.23. The molecule has 7 heteroatoms. The first-order valence-corrected chi connectivity index (χ1v) is 29.9. The lowest BCUT2D eigenvalue weighted by Gasteiger charge is -2.17. The predicted octanol–water partition coefficient (Wildman–Crippen LogP) is 20.6. The number of hydrogen-bond donors (Lipinski definition) is 0. The minimum Gasteiger partial charge on any atom is -0.309 e. The highest BCUT2D eigenvalue weighted by Crippen LogP contribution is 2.44. The number of rotatable bonds is 9. The molecular weight excluding hydrogens is 1070 g/mol. The molecule has 0 bridgehead atoms. The van der Waals surface area contributed by atoms with E-state index in [1.807, 2.05) is 0 Å². The standard InChI is InChI=1S/C81H51N7/c1-5-22-52(23-6-1)60-34-21-35-67(78(60)53-24-7-2-8-25-53)79-82-80(87-72-38-19-13-30-61(72)65-44-40-56(50-76(65)87)54-42-46-74-68(48-54)63-32-15-17-36-70(63)85(74)58-26-9-3-10-27-58)84-81(83-79)88-73-39-20-14-31-62(73)66-45-41-57(51-77(66)88)55-43-47-75-69(49-55)64-33-16-18-37-71(64)86(75)59-28-11-4-12-29-59/h1-51H. The number of nitrogens with zero attached hydrogens (tertiary/aromatic N) is 7. The third-order valence-electron chi connectivity index (χ3n) is 17.9. The van der Waals surface area contributed by atoms with Crippen LogP contribution < -0.4 is 0 Å². The normalized spacial score (nSPS) is 11.9. The van der Waals surface area contributed by atoms with E-state index in [9.17, 15) is 0 Å². The highest BCUT2D eigenvalue weighted by molar-refractivity contribution is 6.14. The Balaban J connectivity index is 0.887. The second-order valence-corrected chi connectivity index (χ2v) is 22.7. The molecule has 5 heterocycles. The lowest BCUT2D eigenvalue weighted by atomic mass is 9.90. The van der Waals surface area contributed by atoms with Crippen LogP contribution in [0.4, 0.5) is 0 Å². The van der Waals surface area contributed by atoms with Gasteiger partial charge in [0.15, 0.2) is 5.82 Å². The van der Waals surface area contributed by atoms with Crippen molar-refractivity contribution in [1.29, 1.82) is 0 Å². The zero-order valence-corrected chi connectivity index (χ0v) is 47.6. The van der Waals surface area contributed by atoms with Crippen LogP contribution in [0.2, 0.25) is 0 Å². The number of fused-ring (bicyclic) bond motifs is 12. The summed E-state index contributed by atoms with van der Waals surface area (Å²) in [5.41, 5.74) is 20.5. The van der Waals surface area contributed by atoms with Crippen molar-refractivity contribution in [3.05, 3.63) is 309 Å². The lowest BCUT2D eigenvalue weighted by Crippen LogP contribution is -2.10. The molecule has 0 aliphatic carbocycles. The Bertz CT molecular complexity index is 5500. The van der Waals surface area contributed by atoms with Gasteiger partial charge in [-0.05, 0) is 124 Å². The largest absolute Gasteiger partial charge is 0.309 e. The lowest BCUT2D eigenvalue weighted by molar-refractivity contribution is 0.893. The highest BCUT2D eigenvalue weighted by atomic mass is 15.3. The molecule has 18 aromatic rings. The van der Waals surface area contributed by atoms with Crippen LogP contribution in [0.5, 0.6) is 0 Å². The first-order valence-electron chi connectivity index (χ1n) is 29.9. The van der Waals surface area contributed by atoms with Gasteiger partial charge in [-0.3, -0.25) is 9.13 Å². The number of benzene rings is 13. The second kappa shape index (κ2) is 19.8. The summed E-state index contributed by atoms with van der Waals surface area (Å²) in [6.45, 7) is 0. The van der Waals surface area contributed by atoms with Gasteiger partial charge in [0.2, 0.25) is 11.9 Å². The third-order valence-corrected chi connectivity index (χ3v) is 17.9. The van der Waals surface area contributed by atoms with Gasteiger partial charge in [-0.15, -0.1) is 0 Å². The van der Waals surface area contributed by atoms with E-state index < -0.39 is 0 Å². The van der Waals surface area contributed by atoms with Crippen LogP contribution in [-0.2, 0) is 0 Å². The quantitative estimate of drug-likeness (QED) is 0.145. The summed E-state index contributed by atoms with van der Waals surface area (Å²) in [7, 11) is 0. The molecule has 13 aromatic carbocycles. The molecule has 0 N–H and O–H groups in total. The molecule has 0 spiro atoms. The number of para-hydroxylation sites is 6. The van der Waals surface area contributed by atoms with Crippen molar-refractivity contribution in [1.82, 2.24) is 33.2 Å². The molecule has 410 valence electrons. The van der Waals surface area contributed by atoms with E-state index in [2.05, 4.69) is 328 Å². The Labute approximate surface area is 506 Å². The maximum Gasteiger partial charge on any atom is 0.240 e. The first kappa shape index (κ1) is 49.5. The molecule has 18 rings (SSSR count). The van der Waals surface area contributed by atoms with Crippen LogP contribution >= 0.6 is 0 Å². The highest BCUT2D eigenvalue weighted by Gasteiger charge is 2.25. The molecule has 0 amide bonds. The van der Waals surface area contributed by atoms with Crippen LogP contribution in [0, 0.1) is 0 Å². The van der Waals surface area contributed by atoms with Gasteiger partial charge in [-0.2, -0.15) is 15.0 Å². The van der Waals surface area contributed by atoms with Crippen molar-refractivity contribution in [2.24, 2.45) is 0 Å². The minimum absolute atomic E-state index is 0.510. The van der Waals surface area contributed by atoms with Crippen molar-refractivity contribution in [2.75, 3.05) is 0 Å². The zero-order valence-electron chi connectivity index (χ0n) is 47.6. The average molecular weight is 1120 g/mol. The summed E-state index contributed by atoms with van der Waals surface area (Å²) >= 11 is 0. The van der Waals surface area contributed by atoms with Gasteiger partial charge in [0.05, 0.1) is 44.1 Å². The molecule has 0 saturated heterocycles. The summed E-state index contributed by atoms with van der Waals surface area (Å²) in [6.07, 6.45) is 0. The monoisotopic (exact) mass is 1120 g/mol. The van der Waals surface area contributed by atoms with E-state index in [1.54, 1.807) is 0 Å². The molecule has 88 heavy (non-hydrogen) atoms. The fourth-order valence-electron chi connectivity index (χ4n) is 13.9. The second-order valence-electron chi connectivity index (χ2n) is 22.7. The van der Waals surface area contributed by atoms with Crippen molar-refractivity contribution in [2.45, 2.75) is 0 Å². The molecule has 0 saturated carbocycles. The zero-order chi connectivity index (χ0) is 57.8. The molecule has 0 atom stereocenters. The fraction of sp³-hybridized carbons (Fsp3) is 0. The van der Waals surface area contributed by atoms with E-state index >= 15 is 0 Å². The molecule has 5 aromatic heterocycles. The van der Waals surface area contributed by atoms with Crippen molar-refractivity contribution < 1.29 is 0 Å². The Morgan fingerprint density at radius 1 is 0.193 bits per heavy atom. The topological polar surface area (TPSA) is 58.4 Å². The van der Waals surface area contributed by atoms with Crippen molar-refractivity contribution in [3.8, 4) is 79.2 Å². The molecule has 0 radical (unpaired) electrons. The van der Waals surface area contributed by atoms with E-state index in [-0.39, 0.29) is 0 Å². The van der Waals surface area contributed by atoms with Crippen LogP contribution in [-0.4, -0.2) is 33.2 Å². The van der Waals surface area contributed by atoms with Crippen LogP contribution in [0.1, 0.15) is 0 Å². The first-order chi connectivity index (χ1) is 43.7. The summed E-state index contributed by atoms with van der Waals surface area (Å²) in [6, 6.07) is 111. The average Bonchev–Trinajstić information content (AvgIpc) is 1.73. The van der Waals surface area contributed by atoms with Gasteiger partial charge in [0, 0.05) is 65.6 Å². The number of hydrogen-bond acceptors (Lipinski definition) is 3. The van der Waals surface area contributed by atoms with Gasteiger partial charge >= 0.3 is 0 Å². The maximum absolute atomic E-state index is 5.74. The molecule has 0 unspecified atom stereocenters. The van der Waals surface area contributed by atoms with Crippen molar-refractivity contribution in [3.63, 3.8) is 0 Å². The van der Waals surface area contributed by atoms with Crippen LogP contribution in [0.3, 0.4) is 0 Å². The van der Waals surface area contributed by atoms with Gasteiger partial charge in [-0.1, -0.05) is 224 Å². The molecule has 0 fully saturated rings. The van der Waals surface area contributed by atoms with E-state index in [1.165, 1.54) is 32.6 Å². The van der Waals surface area contributed by atoms with E-state index in [0.29, 0.717) is 17.7 Å². The Hall–Kier alpha value is -11.9. The Morgan fingerprint density at radius 2 is 0.534 bits per heavy atom. The summed E-state index contributed by atoms with van der Waals surface area (Å²) in [4.78, 5) is 17.2. The summed E-state index contributed by atoms with van der Waals surface area (Å²) < 4.78 is 9.25. The van der Waals surface area contributed by atoms with Crippen molar-refractivity contribution >= 4 is 87.2 Å². The van der Waals surface area contributed by atoms with Gasteiger partial charge in [0.25, 0.3) is 0 Å². The van der Waals surface area contributed by atoms with Crippen LogP contribution in [0.15, 0.2) is 309 Å². The molecule has 7 nitrogen and oxygen atoms in total. The third kappa shape index (κ3) is 7.74. The number of aromatic nitrogens is 7. The summed E-state index contributed by atoms with van der Waals surface area (Å²) in [5.74, 6) is 1.58. The molecule has 0 aliphatic rings. The van der Waals surface area contributed by atoms with Gasteiger partial charge in [0.1, 0.15) is 0 Å². The van der Waals surface area contributed by atoms with Gasteiger partial charge in [-0.25, -0.2) is 0 Å². The van der Waals surface area contributed by atoms with Gasteiger partial charge < -0.3 is 9.13 Å². The fourth-order valence-corrected chi connectivity index (χ4v) is 13.9.